The lowest BCUT2D eigenvalue weighted by Gasteiger charge is -2.53. The molecule has 1 N–H and O–H groups in total. The first-order valence-electron chi connectivity index (χ1n) is 9.56. The van der Waals surface area contributed by atoms with E-state index < -0.39 is 5.72 Å². The van der Waals surface area contributed by atoms with E-state index in [2.05, 4.69) is 0 Å². The van der Waals surface area contributed by atoms with Gasteiger partial charge in [0.15, 0.2) is 11.5 Å². The molecule has 1 aromatic rings. The fourth-order valence-corrected chi connectivity index (χ4v) is 5.26. The summed E-state index contributed by atoms with van der Waals surface area (Å²) in [5.74, 6) is 1.39. The van der Waals surface area contributed by atoms with Gasteiger partial charge in [-0.3, -0.25) is 15.0 Å². The van der Waals surface area contributed by atoms with Crippen LogP contribution in [0.25, 0.3) is 0 Å². The van der Waals surface area contributed by atoms with Crippen LogP contribution in [0.1, 0.15) is 37.2 Å². The Morgan fingerprint density at radius 3 is 2.88 bits per heavy atom. The summed E-state index contributed by atoms with van der Waals surface area (Å²) in [6.07, 6.45) is 4.10. The number of nitrogens with zero attached hydrogens (tertiary/aromatic N) is 1. The van der Waals surface area contributed by atoms with Crippen molar-refractivity contribution in [2.24, 2.45) is 5.92 Å². The van der Waals surface area contributed by atoms with Crippen LogP contribution in [-0.2, 0) is 4.74 Å². The van der Waals surface area contributed by atoms with Crippen molar-refractivity contribution < 1.29 is 24.0 Å². The molecule has 0 bridgehead atoms. The molecule has 3 atom stereocenters. The molecule has 2 heterocycles. The van der Waals surface area contributed by atoms with Crippen LogP contribution in [0.15, 0.2) is 18.2 Å². The van der Waals surface area contributed by atoms with E-state index >= 15 is 0 Å². The smallest absolute Gasteiger partial charge is 0.245 e. The van der Waals surface area contributed by atoms with Gasteiger partial charge in [-0.15, -0.1) is 0 Å². The zero-order chi connectivity index (χ0) is 18.1. The first kappa shape index (κ1) is 17.5. The van der Waals surface area contributed by atoms with E-state index in [0.29, 0.717) is 24.7 Å². The molecule has 7 heteroatoms. The molecule has 0 aromatic heterocycles. The van der Waals surface area contributed by atoms with Gasteiger partial charge in [-0.2, -0.15) is 0 Å². The average Bonchev–Trinajstić information content (AvgIpc) is 2.67. The largest absolute Gasteiger partial charge is 0.493 e. The van der Waals surface area contributed by atoms with E-state index in [4.69, 9.17) is 14.2 Å². The Hall–Kier alpha value is -1.86. The maximum Gasteiger partial charge on any atom is 0.245 e. The summed E-state index contributed by atoms with van der Waals surface area (Å²) >= 11 is 0. The molecular formula is C19H27N2O5+. The lowest BCUT2D eigenvalue weighted by molar-refractivity contribution is -0.988. The van der Waals surface area contributed by atoms with Crippen molar-refractivity contribution >= 4 is 0 Å². The summed E-state index contributed by atoms with van der Waals surface area (Å²) in [7, 11) is 1.63. The van der Waals surface area contributed by atoms with Gasteiger partial charge in [-0.1, -0.05) is 18.6 Å². The minimum absolute atomic E-state index is 0.0558. The second-order valence-electron chi connectivity index (χ2n) is 7.56. The summed E-state index contributed by atoms with van der Waals surface area (Å²) < 4.78 is 17.9. The molecule has 2 fully saturated rings. The van der Waals surface area contributed by atoms with Crippen molar-refractivity contribution in [1.29, 1.82) is 0 Å². The van der Waals surface area contributed by atoms with Crippen molar-refractivity contribution in [3.8, 4) is 11.5 Å². The number of morpholine rings is 1. The lowest BCUT2D eigenvalue weighted by Crippen LogP contribution is -3.24. The number of fused-ring (bicyclic) bond motifs is 2. The van der Waals surface area contributed by atoms with Gasteiger partial charge in [0, 0.05) is 16.9 Å². The lowest BCUT2D eigenvalue weighted by atomic mass is 9.68. The monoisotopic (exact) mass is 363 g/mol. The SMILES string of the molecule is COc1cccc2c1O[C@]1([NH+]3CCOCC3)CCCC[C@H]1[C@H]2C[N+](=O)[O-]. The predicted octanol–water partition coefficient (Wildman–Crippen LogP) is 1.25. The van der Waals surface area contributed by atoms with E-state index in [1.54, 1.807) is 7.11 Å². The average molecular weight is 363 g/mol. The number of benzene rings is 1. The number of nitro groups is 1. The molecule has 0 radical (unpaired) electrons. The highest BCUT2D eigenvalue weighted by Gasteiger charge is 2.59. The van der Waals surface area contributed by atoms with Crippen LogP contribution in [0, 0.1) is 16.0 Å². The minimum atomic E-state index is -0.412. The maximum absolute atomic E-state index is 11.5. The molecule has 0 amide bonds. The van der Waals surface area contributed by atoms with Crippen LogP contribution in [0.5, 0.6) is 11.5 Å². The highest BCUT2D eigenvalue weighted by Crippen LogP contribution is 2.52. The molecule has 4 rings (SSSR count). The molecule has 1 saturated heterocycles. The third-order valence-electron chi connectivity index (χ3n) is 6.35. The Balaban J connectivity index is 1.83. The van der Waals surface area contributed by atoms with Crippen LogP contribution in [0.2, 0.25) is 0 Å². The first-order chi connectivity index (χ1) is 12.7. The van der Waals surface area contributed by atoms with Gasteiger partial charge < -0.3 is 14.2 Å². The number of rotatable bonds is 4. The van der Waals surface area contributed by atoms with E-state index in [0.717, 1.165) is 44.3 Å². The molecule has 0 spiro atoms. The van der Waals surface area contributed by atoms with Gasteiger partial charge in [0.1, 0.15) is 13.1 Å². The molecule has 0 unspecified atom stereocenters. The van der Waals surface area contributed by atoms with Gasteiger partial charge >= 0.3 is 0 Å². The van der Waals surface area contributed by atoms with Crippen molar-refractivity contribution in [2.75, 3.05) is 40.0 Å². The molecule has 1 saturated carbocycles. The second-order valence-corrected chi connectivity index (χ2v) is 7.56. The molecule has 7 nitrogen and oxygen atoms in total. The number of methoxy groups -OCH3 is 1. The van der Waals surface area contributed by atoms with Crippen LogP contribution < -0.4 is 14.4 Å². The van der Waals surface area contributed by atoms with Gasteiger partial charge in [-0.25, -0.2) is 0 Å². The summed E-state index contributed by atoms with van der Waals surface area (Å²) in [6, 6.07) is 5.76. The second kappa shape index (κ2) is 7.04. The Kier molecular flexibility index (Phi) is 4.75. The molecule has 142 valence electrons. The molecule has 1 aliphatic carbocycles. The fourth-order valence-electron chi connectivity index (χ4n) is 5.26. The van der Waals surface area contributed by atoms with Crippen molar-refractivity contribution in [2.45, 2.75) is 37.3 Å². The Labute approximate surface area is 153 Å². The summed E-state index contributed by atoms with van der Waals surface area (Å²) in [4.78, 5) is 12.7. The molecule has 26 heavy (non-hydrogen) atoms. The van der Waals surface area contributed by atoms with Crippen LogP contribution in [-0.4, -0.2) is 50.6 Å². The van der Waals surface area contributed by atoms with Crippen molar-refractivity contribution in [3.05, 3.63) is 33.9 Å². The van der Waals surface area contributed by atoms with Crippen molar-refractivity contribution in [3.63, 3.8) is 0 Å². The summed E-state index contributed by atoms with van der Waals surface area (Å²) in [5, 5.41) is 11.5. The Morgan fingerprint density at radius 2 is 2.15 bits per heavy atom. The normalized spacial score (nSPS) is 31.4. The van der Waals surface area contributed by atoms with Gasteiger partial charge in [0.25, 0.3) is 0 Å². The standard InChI is InChI=1S/C19H26N2O5/c1-24-17-7-4-5-14-15(13-21(22)23)16-6-2-3-8-19(16,26-18(14)17)20-9-11-25-12-10-20/h4-5,7,15-16H,2-3,6,8-13H2,1H3/p+1/t15-,16-,19+/m0/s1. The Bertz CT molecular complexity index is 676. The fraction of sp³-hybridized carbons (Fsp3) is 0.684. The Morgan fingerprint density at radius 1 is 1.35 bits per heavy atom. The zero-order valence-electron chi connectivity index (χ0n) is 15.2. The minimum Gasteiger partial charge on any atom is -0.493 e. The number of para-hydroxylation sites is 1. The third-order valence-corrected chi connectivity index (χ3v) is 6.35. The number of hydrogen-bond donors (Lipinski definition) is 1. The van der Waals surface area contributed by atoms with E-state index in [1.807, 2.05) is 18.2 Å². The summed E-state index contributed by atoms with van der Waals surface area (Å²) in [5.41, 5.74) is 0.515. The van der Waals surface area contributed by atoms with E-state index in [-0.39, 0.29) is 23.3 Å². The number of hydrogen-bond acceptors (Lipinski definition) is 5. The van der Waals surface area contributed by atoms with Crippen molar-refractivity contribution in [1.82, 2.24) is 0 Å². The van der Waals surface area contributed by atoms with Gasteiger partial charge in [0.2, 0.25) is 12.3 Å². The number of quaternary nitrogens is 1. The number of ether oxygens (including phenoxy) is 3. The molecule has 1 aromatic carbocycles. The first-order valence-corrected chi connectivity index (χ1v) is 9.56. The number of nitrogens with one attached hydrogen (secondary N) is 1. The third kappa shape index (κ3) is 2.83. The highest BCUT2D eigenvalue weighted by molar-refractivity contribution is 5.50. The highest BCUT2D eigenvalue weighted by atomic mass is 16.6. The zero-order valence-corrected chi connectivity index (χ0v) is 15.2. The maximum atomic E-state index is 11.5. The summed E-state index contributed by atoms with van der Waals surface area (Å²) in [6.45, 7) is 3.13. The van der Waals surface area contributed by atoms with E-state index in [1.165, 1.54) is 4.90 Å². The predicted molar refractivity (Wildman–Crippen MR) is 94.4 cm³/mol. The van der Waals surface area contributed by atoms with E-state index in [9.17, 15) is 10.1 Å². The van der Waals surface area contributed by atoms with Crippen LogP contribution >= 0.6 is 0 Å². The van der Waals surface area contributed by atoms with Gasteiger partial charge in [0.05, 0.1) is 32.2 Å². The topological polar surface area (TPSA) is 75.3 Å². The quantitative estimate of drug-likeness (QED) is 0.644. The molecule has 3 aliphatic rings. The molecule has 2 aliphatic heterocycles. The molecular weight excluding hydrogens is 336 g/mol. The van der Waals surface area contributed by atoms with Crippen LogP contribution in [0.3, 0.4) is 0 Å². The van der Waals surface area contributed by atoms with Gasteiger partial charge in [-0.05, 0) is 18.9 Å². The van der Waals surface area contributed by atoms with Crippen LogP contribution in [0.4, 0.5) is 0 Å².